The maximum absolute atomic E-state index is 12.5. The number of rotatable bonds is 7. The third-order valence-electron chi connectivity index (χ3n) is 4.45. The molecule has 1 rings (SSSR count). The Morgan fingerprint density at radius 3 is 2.04 bits per heavy atom. The summed E-state index contributed by atoms with van der Waals surface area (Å²) in [6.45, 7) is 17.6. The van der Waals surface area contributed by atoms with Crippen LogP contribution in [0.3, 0.4) is 0 Å². The van der Waals surface area contributed by atoms with Crippen LogP contribution < -0.4 is 9.16 Å². The summed E-state index contributed by atoms with van der Waals surface area (Å²) < 4.78 is 11.8. The Labute approximate surface area is 172 Å². The normalized spacial score (nSPS) is 13.7. The first kappa shape index (κ1) is 24.2. The predicted octanol–water partition coefficient (Wildman–Crippen LogP) is 5.46. The van der Waals surface area contributed by atoms with Crippen molar-refractivity contribution >= 4 is 26.7 Å². The fourth-order valence-electron chi connectivity index (χ4n) is 2.91. The van der Waals surface area contributed by atoms with E-state index in [4.69, 9.17) is 9.16 Å². The molecule has 0 saturated heterocycles. The number of hydrogen-bond donors (Lipinski definition) is 0. The molecule has 0 heterocycles. The molecule has 1 aromatic rings. The summed E-state index contributed by atoms with van der Waals surface area (Å²) in [7, 11) is 0.595. The predicted molar refractivity (Wildman–Crippen MR) is 117 cm³/mol. The molecule has 5 heteroatoms. The van der Waals surface area contributed by atoms with Crippen LogP contribution in [0.25, 0.3) is 6.08 Å². The second kappa shape index (κ2) is 9.08. The van der Waals surface area contributed by atoms with Gasteiger partial charge in [-0.15, -0.1) is 0 Å². The minimum atomic E-state index is -1.04. The van der Waals surface area contributed by atoms with E-state index in [1.807, 2.05) is 32.9 Å². The molecule has 0 aromatic heterocycles. The fraction of sp³-hybridized carbons (Fsp3) is 0.565. The molecule has 0 spiro atoms. The molecule has 0 bridgehead atoms. The Hall–Kier alpha value is -1.88. The maximum Gasteiger partial charge on any atom is 0.274 e. The molecule has 28 heavy (non-hydrogen) atoms. The summed E-state index contributed by atoms with van der Waals surface area (Å²) in [4.78, 5) is 24.9. The van der Waals surface area contributed by atoms with Gasteiger partial charge in [-0.2, -0.15) is 0 Å². The van der Waals surface area contributed by atoms with E-state index in [0.29, 0.717) is 11.5 Å². The molecule has 1 atom stereocenters. The molecule has 0 saturated carbocycles. The molecule has 0 fully saturated rings. The standard InChI is InChI=1S/C23H35O4Si/c1-15(21(25)23(5,6)7)18(24)14-12-16-11-13-17(22(2,3)4)20(26-8)19(16)27-28(9)10/h11-15H,1-10H3/b14-12+. The van der Waals surface area contributed by atoms with Crippen LogP contribution in [-0.4, -0.2) is 27.7 Å². The summed E-state index contributed by atoms with van der Waals surface area (Å²) in [5.74, 6) is 0.420. The van der Waals surface area contributed by atoms with Crippen molar-refractivity contribution in [1.29, 1.82) is 0 Å². The third kappa shape index (κ3) is 6.06. The molecule has 1 aromatic carbocycles. The number of benzene rings is 1. The maximum atomic E-state index is 12.5. The monoisotopic (exact) mass is 403 g/mol. The first-order valence-electron chi connectivity index (χ1n) is 9.65. The largest absolute Gasteiger partial charge is 0.540 e. The van der Waals surface area contributed by atoms with Gasteiger partial charge in [0.2, 0.25) is 0 Å². The average molecular weight is 404 g/mol. The van der Waals surface area contributed by atoms with Crippen molar-refractivity contribution in [3.05, 3.63) is 29.3 Å². The third-order valence-corrected chi connectivity index (χ3v) is 5.06. The summed E-state index contributed by atoms with van der Waals surface area (Å²) >= 11 is 0. The van der Waals surface area contributed by atoms with Gasteiger partial charge in [0.1, 0.15) is 5.78 Å². The zero-order valence-corrected chi connectivity index (χ0v) is 20.0. The number of ether oxygens (including phenoxy) is 1. The molecule has 4 nitrogen and oxygen atoms in total. The summed E-state index contributed by atoms with van der Waals surface area (Å²) in [5, 5.41) is 0. The van der Waals surface area contributed by atoms with Crippen molar-refractivity contribution in [3.8, 4) is 11.5 Å². The number of allylic oxidation sites excluding steroid dienone is 1. The number of methoxy groups -OCH3 is 1. The second-order valence-corrected chi connectivity index (χ2v) is 11.4. The van der Waals surface area contributed by atoms with Gasteiger partial charge in [0.05, 0.1) is 13.0 Å². The van der Waals surface area contributed by atoms with Gasteiger partial charge >= 0.3 is 0 Å². The van der Waals surface area contributed by atoms with Crippen LogP contribution in [0.4, 0.5) is 0 Å². The van der Waals surface area contributed by atoms with E-state index >= 15 is 0 Å². The number of Topliss-reactive ketones (excluding diaryl/α,β-unsaturated/α-hetero) is 1. The highest BCUT2D eigenvalue weighted by Crippen LogP contribution is 2.41. The van der Waals surface area contributed by atoms with Crippen LogP contribution in [-0.2, 0) is 15.0 Å². The van der Waals surface area contributed by atoms with E-state index < -0.39 is 20.4 Å². The quantitative estimate of drug-likeness (QED) is 0.345. The van der Waals surface area contributed by atoms with Crippen LogP contribution in [0, 0.1) is 11.3 Å². The first-order valence-corrected chi connectivity index (χ1v) is 12.1. The molecule has 0 aliphatic rings. The van der Waals surface area contributed by atoms with E-state index in [1.165, 1.54) is 6.08 Å². The Morgan fingerprint density at radius 1 is 1.04 bits per heavy atom. The lowest BCUT2D eigenvalue weighted by Crippen LogP contribution is -2.30. The highest BCUT2D eigenvalue weighted by atomic mass is 28.3. The molecule has 1 unspecified atom stereocenters. The Morgan fingerprint density at radius 2 is 1.61 bits per heavy atom. The minimum Gasteiger partial charge on any atom is -0.540 e. The van der Waals surface area contributed by atoms with Crippen LogP contribution in [0.15, 0.2) is 18.2 Å². The van der Waals surface area contributed by atoms with Crippen molar-refractivity contribution < 1.29 is 18.8 Å². The molecule has 155 valence electrons. The number of carbonyl (C=O) groups excluding carboxylic acids is 2. The van der Waals surface area contributed by atoms with Gasteiger partial charge < -0.3 is 9.16 Å². The second-order valence-electron chi connectivity index (χ2n) is 9.40. The van der Waals surface area contributed by atoms with E-state index in [-0.39, 0.29) is 17.0 Å². The van der Waals surface area contributed by atoms with Gasteiger partial charge in [0.15, 0.2) is 17.3 Å². The van der Waals surface area contributed by atoms with Gasteiger partial charge in [-0.1, -0.05) is 53.7 Å². The molecule has 0 N–H and O–H groups in total. The highest BCUT2D eigenvalue weighted by Gasteiger charge is 2.30. The van der Waals surface area contributed by atoms with E-state index in [9.17, 15) is 9.59 Å². The van der Waals surface area contributed by atoms with Crippen LogP contribution in [0.2, 0.25) is 13.1 Å². The number of ketones is 2. The summed E-state index contributed by atoms with van der Waals surface area (Å²) in [6, 6.07) is 3.96. The lowest BCUT2D eigenvalue weighted by Gasteiger charge is -2.25. The molecule has 0 amide bonds. The summed E-state index contributed by atoms with van der Waals surface area (Å²) in [5.41, 5.74) is 1.17. The average Bonchev–Trinajstić information content (AvgIpc) is 2.56. The fourth-order valence-corrected chi connectivity index (χ4v) is 3.53. The Kier molecular flexibility index (Phi) is 7.83. The molecular weight excluding hydrogens is 368 g/mol. The van der Waals surface area contributed by atoms with Crippen molar-refractivity contribution in [3.63, 3.8) is 0 Å². The molecular formula is C23H35O4Si. The topological polar surface area (TPSA) is 52.6 Å². The summed E-state index contributed by atoms with van der Waals surface area (Å²) in [6.07, 6.45) is 3.20. The van der Waals surface area contributed by atoms with Gasteiger partial charge in [-0.3, -0.25) is 9.59 Å². The lowest BCUT2D eigenvalue weighted by molar-refractivity contribution is -0.135. The van der Waals surface area contributed by atoms with E-state index in [0.717, 1.165) is 11.1 Å². The number of carbonyl (C=O) groups is 2. The molecule has 1 radical (unpaired) electrons. The number of hydrogen-bond acceptors (Lipinski definition) is 4. The van der Waals surface area contributed by atoms with Crippen LogP contribution in [0.5, 0.6) is 11.5 Å². The van der Waals surface area contributed by atoms with Crippen LogP contribution in [0.1, 0.15) is 59.6 Å². The van der Waals surface area contributed by atoms with Gasteiger partial charge in [-0.25, -0.2) is 0 Å². The molecule has 0 aliphatic heterocycles. The minimum absolute atomic E-state index is 0.0631. The van der Waals surface area contributed by atoms with Crippen molar-refractivity contribution in [2.45, 2.75) is 67.0 Å². The van der Waals surface area contributed by atoms with Gasteiger partial charge in [0.25, 0.3) is 9.04 Å². The Bertz CT molecular complexity index is 749. The highest BCUT2D eigenvalue weighted by molar-refractivity contribution is 6.49. The lowest BCUT2D eigenvalue weighted by atomic mass is 9.82. The first-order chi connectivity index (χ1) is 12.7. The zero-order valence-electron chi connectivity index (χ0n) is 19.0. The molecule has 0 aliphatic carbocycles. The van der Waals surface area contributed by atoms with E-state index in [1.54, 1.807) is 20.1 Å². The van der Waals surface area contributed by atoms with Gasteiger partial charge in [-0.05, 0) is 37.6 Å². The Balaban J connectivity index is 3.35. The van der Waals surface area contributed by atoms with Crippen LogP contribution >= 0.6 is 0 Å². The van der Waals surface area contributed by atoms with Crippen molar-refractivity contribution in [2.24, 2.45) is 11.3 Å². The smallest absolute Gasteiger partial charge is 0.274 e. The SMILES string of the molecule is COc1c(C(C)(C)C)ccc(/C=C/C(=O)C(C)C(=O)C(C)(C)C)c1O[Si](C)C. The van der Waals surface area contributed by atoms with Crippen molar-refractivity contribution in [1.82, 2.24) is 0 Å². The zero-order chi connectivity index (χ0) is 21.9. The van der Waals surface area contributed by atoms with Gasteiger partial charge in [0, 0.05) is 16.5 Å². The van der Waals surface area contributed by atoms with Crippen molar-refractivity contribution in [2.75, 3.05) is 7.11 Å². The van der Waals surface area contributed by atoms with E-state index in [2.05, 4.69) is 33.9 Å².